The lowest BCUT2D eigenvalue weighted by Gasteiger charge is -2.03. The van der Waals surface area contributed by atoms with Gasteiger partial charge < -0.3 is 15.8 Å². The SMILES string of the molecule is NC(=O)COc1ccc(/C=C/C(=O)NCCCc2nc(-c3ccncc3)cs2)cc1. The van der Waals surface area contributed by atoms with Crippen LogP contribution in [0.5, 0.6) is 5.75 Å². The molecule has 30 heavy (non-hydrogen) atoms. The number of ether oxygens (including phenoxy) is 1. The van der Waals surface area contributed by atoms with E-state index in [-0.39, 0.29) is 12.5 Å². The second-order valence-corrected chi connectivity index (χ2v) is 7.36. The van der Waals surface area contributed by atoms with Gasteiger partial charge in [-0.15, -0.1) is 11.3 Å². The highest BCUT2D eigenvalue weighted by Gasteiger charge is 2.04. The van der Waals surface area contributed by atoms with E-state index in [0.717, 1.165) is 34.7 Å². The number of carbonyl (C=O) groups is 2. The lowest BCUT2D eigenvalue weighted by Crippen LogP contribution is -2.22. The number of aryl methyl sites for hydroxylation is 1. The molecule has 2 aromatic heterocycles. The summed E-state index contributed by atoms with van der Waals surface area (Å²) in [5, 5.41) is 5.96. The fourth-order valence-corrected chi connectivity index (χ4v) is 3.44. The Morgan fingerprint density at radius 1 is 1.13 bits per heavy atom. The van der Waals surface area contributed by atoms with Gasteiger partial charge in [0.2, 0.25) is 5.91 Å². The molecule has 0 atom stereocenters. The molecule has 1 aromatic carbocycles. The molecule has 2 heterocycles. The Kier molecular flexibility index (Phi) is 7.68. The summed E-state index contributed by atoms with van der Waals surface area (Å²) in [6.45, 7) is 0.414. The van der Waals surface area contributed by atoms with Crippen molar-refractivity contribution in [3.05, 3.63) is 70.8 Å². The molecule has 0 fully saturated rings. The first kappa shape index (κ1) is 21.2. The maximum atomic E-state index is 12.0. The van der Waals surface area contributed by atoms with Crippen LogP contribution in [0.3, 0.4) is 0 Å². The van der Waals surface area contributed by atoms with Gasteiger partial charge in [0.1, 0.15) is 5.75 Å². The van der Waals surface area contributed by atoms with E-state index in [4.69, 9.17) is 10.5 Å². The van der Waals surface area contributed by atoms with E-state index in [0.29, 0.717) is 12.3 Å². The summed E-state index contributed by atoms with van der Waals surface area (Å²) in [5.74, 6) is -0.134. The Labute approximate surface area is 178 Å². The van der Waals surface area contributed by atoms with E-state index in [1.807, 2.05) is 17.5 Å². The number of hydrogen-bond donors (Lipinski definition) is 2. The molecule has 0 unspecified atom stereocenters. The summed E-state index contributed by atoms with van der Waals surface area (Å²) in [6, 6.07) is 10.9. The number of thiazole rings is 1. The highest BCUT2D eigenvalue weighted by molar-refractivity contribution is 7.09. The van der Waals surface area contributed by atoms with Gasteiger partial charge >= 0.3 is 0 Å². The highest BCUT2D eigenvalue weighted by Crippen LogP contribution is 2.21. The number of rotatable bonds is 10. The first-order valence-corrected chi connectivity index (χ1v) is 10.3. The largest absolute Gasteiger partial charge is 0.484 e. The van der Waals surface area contributed by atoms with Gasteiger partial charge in [0.25, 0.3) is 5.91 Å². The molecular weight excluding hydrogens is 400 g/mol. The van der Waals surface area contributed by atoms with Crippen LogP contribution in [-0.4, -0.2) is 34.9 Å². The zero-order valence-electron chi connectivity index (χ0n) is 16.3. The maximum Gasteiger partial charge on any atom is 0.255 e. The minimum Gasteiger partial charge on any atom is -0.484 e. The summed E-state index contributed by atoms with van der Waals surface area (Å²) in [7, 11) is 0. The van der Waals surface area contributed by atoms with Gasteiger partial charge in [0, 0.05) is 42.4 Å². The van der Waals surface area contributed by atoms with Crippen LogP contribution in [0, 0.1) is 0 Å². The lowest BCUT2D eigenvalue weighted by molar-refractivity contribution is -0.120. The third-order valence-corrected chi connectivity index (χ3v) is 4.99. The number of nitrogens with one attached hydrogen (secondary N) is 1. The smallest absolute Gasteiger partial charge is 0.255 e. The topological polar surface area (TPSA) is 107 Å². The van der Waals surface area contributed by atoms with E-state index in [1.165, 1.54) is 6.08 Å². The van der Waals surface area contributed by atoms with Crippen LogP contribution in [0.2, 0.25) is 0 Å². The first-order chi connectivity index (χ1) is 14.6. The van der Waals surface area contributed by atoms with Crippen LogP contribution in [0.15, 0.2) is 60.2 Å². The third-order valence-electron chi connectivity index (χ3n) is 4.08. The molecule has 0 aliphatic rings. The Morgan fingerprint density at radius 3 is 2.63 bits per heavy atom. The van der Waals surface area contributed by atoms with Crippen LogP contribution in [0.4, 0.5) is 0 Å². The van der Waals surface area contributed by atoms with Crippen molar-refractivity contribution >= 4 is 29.2 Å². The van der Waals surface area contributed by atoms with Gasteiger partial charge in [-0.3, -0.25) is 14.6 Å². The normalized spacial score (nSPS) is 10.8. The number of pyridine rings is 1. The number of aromatic nitrogens is 2. The number of benzene rings is 1. The molecule has 0 bridgehead atoms. The van der Waals surface area contributed by atoms with E-state index in [2.05, 4.69) is 15.3 Å². The van der Waals surface area contributed by atoms with Gasteiger partial charge in [-0.2, -0.15) is 0 Å². The molecule has 8 heteroatoms. The van der Waals surface area contributed by atoms with E-state index in [9.17, 15) is 9.59 Å². The van der Waals surface area contributed by atoms with Crippen molar-refractivity contribution in [2.45, 2.75) is 12.8 Å². The van der Waals surface area contributed by atoms with Crippen LogP contribution in [-0.2, 0) is 16.0 Å². The van der Waals surface area contributed by atoms with Crippen LogP contribution >= 0.6 is 11.3 Å². The molecular formula is C22H22N4O3S. The zero-order valence-corrected chi connectivity index (χ0v) is 17.1. The molecule has 0 saturated heterocycles. The Morgan fingerprint density at radius 2 is 1.90 bits per heavy atom. The van der Waals surface area contributed by atoms with E-state index < -0.39 is 5.91 Å². The van der Waals surface area contributed by atoms with Crippen LogP contribution in [0.1, 0.15) is 17.0 Å². The monoisotopic (exact) mass is 422 g/mol. The van der Waals surface area contributed by atoms with Gasteiger partial charge in [0.05, 0.1) is 10.7 Å². The molecule has 0 aliphatic carbocycles. The molecule has 2 amide bonds. The molecule has 3 aromatic rings. The second-order valence-electron chi connectivity index (χ2n) is 6.41. The average molecular weight is 423 g/mol. The third kappa shape index (κ3) is 6.82. The van der Waals surface area contributed by atoms with Gasteiger partial charge in [0.15, 0.2) is 6.61 Å². The van der Waals surface area contributed by atoms with Crippen molar-refractivity contribution in [2.75, 3.05) is 13.2 Å². The van der Waals surface area contributed by atoms with Crippen molar-refractivity contribution < 1.29 is 14.3 Å². The van der Waals surface area contributed by atoms with Gasteiger partial charge in [-0.05, 0) is 42.3 Å². The Balaban J connectivity index is 1.38. The molecule has 0 aliphatic heterocycles. The van der Waals surface area contributed by atoms with E-state index >= 15 is 0 Å². The molecule has 3 rings (SSSR count). The number of nitrogens with two attached hydrogens (primary N) is 1. The van der Waals surface area contributed by atoms with Gasteiger partial charge in [-0.25, -0.2) is 4.98 Å². The number of nitrogens with zero attached hydrogens (tertiary/aromatic N) is 2. The fourth-order valence-electron chi connectivity index (χ4n) is 2.59. The van der Waals surface area contributed by atoms with Crippen LogP contribution in [0.25, 0.3) is 17.3 Å². The number of amides is 2. The molecule has 154 valence electrons. The maximum absolute atomic E-state index is 12.0. The predicted molar refractivity (Wildman–Crippen MR) is 117 cm³/mol. The second kappa shape index (κ2) is 10.9. The van der Waals surface area contributed by atoms with Crippen molar-refractivity contribution in [2.24, 2.45) is 5.73 Å². The minimum absolute atomic E-state index is 0.152. The van der Waals surface area contributed by atoms with Crippen molar-refractivity contribution in [1.82, 2.24) is 15.3 Å². The van der Waals surface area contributed by atoms with Crippen LogP contribution < -0.4 is 15.8 Å². The molecule has 3 N–H and O–H groups in total. The van der Waals surface area contributed by atoms with Crippen molar-refractivity contribution in [3.63, 3.8) is 0 Å². The summed E-state index contributed by atoms with van der Waals surface area (Å²) < 4.78 is 5.19. The summed E-state index contributed by atoms with van der Waals surface area (Å²) >= 11 is 1.62. The summed E-state index contributed by atoms with van der Waals surface area (Å²) in [4.78, 5) is 31.3. The Bertz CT molecular complexity index is 1000. The van der Waals surface area contributed by atoms with Crippen molar-refractivity contribution in [3.8, 4) is 17.0 Å². The average Bonchev–Trinajstić information content (AvgIpc) is 3.24. The van der Waals surface area contributed by atoms with Gasteiger partial charge in [-0.1, -0.05) is 12.1 Å². The molecule has 0 saturated carbocycles. The molecule has 0 spiro atoms. The fraction of sp³-hybridized carbons (Fsp3) is 0.182. The zero-order chi connectivity index (χ0) is 21.2. The summed E-state index contributed by atoms with van der Waals surface area (Å²) in [6.07, 6.45) is 8.34. The summed E-state index contributed by atoms with van der Waals surface area (Å²) in [5.41, 5.74) is 7.89. The number of hydrogen-bond acceptors (Lipinski definition) is 6. The van der Waals surface area contributed by atoms with Crippen molar-refractivity contribution in [1.29, 1.82) is 0 Å². The minimum atomic E-state index is -0.528. The Hall–Kier alpha value is -3.52. The molecule has 7 nitrogen and oxygen atoms in total. The molecule has 0 radical (unpaired) electrons. The first-order valence-electron chi connectivity index (χ1n) is 9.42. The quantitative estimate of drug-likeness (QED) is 0.386. The van der Waals surface area contributed by atoms with E-state index in [1.54, 1.807) is 54.1 Å². The predicted octanol–water partition coefficient (Wildman–Crippen LogP) is 2.83. The lowest BCUT2D eigenvalue weighted by atomic mass is 10.2. The highest BCUT2D eigenvalue weighted by atomic mass is 32.1. The standard InChI is InChI=1S/C22H22N4O3S/c23-20(27)14-29-18-6-3-16(4-7-18)5-8-21(28)25-11-1-2-22-26-19(15-30-22)17-9-12-24-13-10-17/h3-10,12-13,15H,1-2,11,14H2,(H2,23,27)(H,25,28)/b8-5+. The number of primary amides is 1. The number of carbonyl (C=O) groups excluding carboxylic acids is 2.